The predicted molar refractivity (Wildman–Crippen MR) is 291 cm³/mol. The molecule has 23 heteroatoms. The summed E-state index contributed by atoms with van der Waals surface area (Å²) >= 11 is 0. The lowest BCUT2D eigenvalue weighted by molar-refractivity contribution is -0.268. The Kier molecular flexibility index (Phi) is 20.3. The molecule has 5 aliphatic rings. The second-order valence-electron chi connectivity index (χ2n) is 21.1. The van der Waals surface area contributed by atoms with Crippen molar-refractivity contribution in [3.63, 3.8) is 0 Å². The number of aliphatic hydroxyl groups excluding tert-OH is 5. The third kappa shape index (κ3) is 13.3. The third-order valence-corrected chi connectivity index (χ3v) is 15.2. The van der Waals surface area contributed by atoms with E-state index in [1.165, 1.54) is 78.5 Å². The Morgan fingerprint density at radius 2 is 1.56 bits per heavy atom. The Hall–Kier alpha value is -7.01. The van der Waals surface area contributed by atoms with Crippen LogP contribution in [0.5, 0.6) is 34.5 Å². The molecule has 3 aromatic rings. The van der Waals surface area contributed by atoms with Crippen molar-refractivity contribution in [3.8, 4) is 40.6 Å². The van der Waals surface area contributed by atoms with E-state index in [0.717, 1.165) is 13.1 Å². The van der Waals surface area contributed by atoms with Gasteiger partial charge in [-0.05, 0) is 51.6 Å². The Morgan fingerprint density at radius 3 is 2.19 bits per heavy atom. The summed E-state index contributed by atoms with van der Waals surface area (Å²) in [4.78, 5) is 42.6. The number of phenolic OH excluding ortho intramolecular Hbond substituents is 4. The minimum absolute atomic E-state index is 0.0523. The van der Waals surface area contributed by atoms with E-state index in [-0.39, 0.29) is 62.4 Å². The Labute approximate surface area is 464 Å². The molecule has 80 heavy (non-hydrogen) atoms. The van der Waals surface area contributed by atoms with Crippen LogP contribution in [0.3, 0.4) is 0 Å². The van der Waals surface area contributed by atoms with Crippen molar-refractivity contribution in [1.82, 2.24) is 9.91 Å². The summed E-state index contributed by atoms with van der Waals surface area (Å²) < 4.78 is 34.2. The van der Waals surface area contributed by atoms with E-state index in [9.17, 15) is 60.3 Å². The van der Waals surface area contributed by atoms with Crippen molar-refractivity contribution in [2.45, 2.75) is 130 Å². The van der Waals surface area contributed by atoms with Gasteiger partial charge in [0.05, 0.1) is 71.6 Å². The fourth-order valence-corrected chi connectivity index (χ4v) is 10.0. The summed E-state index contributed by atoms with van der Waals surface area (Å²) in [6, 6.07) is 6.38. The molecule has 5 aliphatic heterocycles. The number of likely N-dealkylation sites (N-methyl/N-ethyl adjacent to an activating group) is 1. The Balaban J connectivity index is 0.000000410. The molecule has 0 saturated carbocycles. The number of benzene rings is 3. The Morgan fingerprint density at radius 1 is 0.887 bits per heavy atom. The number of amides is 1. The molecular formula is C57H75N5O18. The van der Waals surface area contributed by atoms with E-state index in [0.29, 0.717) is 18.7 Å². The number of carbonyl (C=O) groups excluding carboxylic acids is 3. The standard InChI is InChI=1S/C43H58N4O12.C14H17NO6/c1-21-12-11-13-22(2)42(55)45-33-28(20-44-47-17-15-46(9)16-18-47)37(52)30-31(38(33)53)36(51)26(6)40-32(30)41(54)43(8,59-40)57-19-14-29(56-10)23(3)39(58-27(7)48)25(5)35(50)24(4)34(21)49;1-7-11(17)12(18)13(19)14(20-7)21-10-3-2-8(4-5-15)6-9(10)16/h11-14,19-21,23-25,29,34-35,39,49-53H,15-18H2,1-10H3,(H,45,55);2-3,6-7,11-14,16-19H,4H2,1H3/b12-11+,19-14+,22-13-,44-20-;/t21-,23-,24-,25-,29+,34+,35+,39-,43+;7-,11-,12+,13-,14-/m11/s1. The number of allylic oxidation sites excluding steroid dienone is 2. The highest BCUT2D eigenvalue weighted by molar-refractivity contribution is 6.23. The largest absolute Gasteiger partial charge is 0.507 e. The number of ketones is 1. The number of nitriles is 1. The van der Waals surface area contributed by atoms with E-state index < -0.39 is 119 Å². The first-order valence-corrected chi connectivity index (χ1v) is 26.3. The molecule has 436 valence electrons. The molecule has 0 aromatic heterocycles. The van der Waals surface area contributed by atoms with Gasteiger partial charge in [0.2, 0.25) is 6.29 Å². The van der Waals surface area contributed by atoms with Gasteiger partial charge in [-0.1, -0.05) is 52.0 Å². The number of aliphatic hydroxyl groups is 5. The average molecular weight is 1120 g/mol. The first kappa shape index (κ1) is 62.2. The quantitative estimate of drug-likeness (QED) is 0.0692. The average Bonchev–Trinajstić information content (AvgIpc) is 3.81. The zero-order chi connectivity index (χ0) is 59.2. The zero-order valence-corrected chi connectivity index (χ0v) is 46.7. The van der Waals surface area contributed by atoms with Gasteiger partial charge in [0.1, 0.15) is 41.7 Å². The number of anilines is 1. The molecule has 2 fully saturated rings. The lowest BCUT2D eigenvalue weighted by Crippen LogP contribution is -2.58. The van der Waals surface area contributed by atoms with Crippen LogP contribution in [0.4, 0.5) is 5.69 Å². The minimum atomic E-state index is -2.04. The predicted octanol–water partition coefficient (Wildman–Crippen LogP) is 4.00. The van der Waals surface area contributed by atoms with Crippen molar-refractivity contribution in [2.75, 3.05) is 45.7 Å². The molecule has 5 bridgehead atoms. The number of carbonyl (C=O) groups is 3. The first-order chi connectivity index (χ1) is 37.7. The van der Waals surface area contributed by atoms with Crippen LogP contribution in [-0.4, -0.2) is 181 Å². The summed E-state index contributed by atoms with van der Waals surface area (Å²) in [7, 11) is 3.42. The number of nitrogens with zero attached hydrogens (tertiary/aromatic N) is 4. The highest BCUT2D eigenvalue weighted by Crippen LogP contribution is 2.55. The van der Waals surface area contributed by atoms with Crippen LogP contribution in [0.1, 0.15) is 82.4 Å². The van der Waals surface area contributed by atoms with Gasteiger partial charge in [-0.25, -0.2) is 0 Å². The molecule has 2 saturated heterocycles. The van der Waals surface area contributed by atoms with Crippen molar-refractivity contribution >= 4 is 40.3 Å². The maximum Gasteiger partial charge on any atom is 0.312 e. The smallest absolute Gasteiger partial charge is 0.312 e. The molecule has 10 N–H and O–H groups in total. The highest BCUT2D eigenvalue weighted by Gasteiger charge is 2.50. The van der Waals surface area contributed by atoms with Gasteiger partial charge < -0.3 is 84.6 Å². The molecule has 0 unspecified atom stereocenters. The number of ether oxygens (including phenoxy) is 6. The number of methoxy groups -OCH3 is 1. The van der Waals surface area contributed by atoms with Crippen LogP contribution in [0.15, 0.2) is 59.4 Å². The monoisotopic (exact) mass is 1120 g/mol. The summed E-state index contributed by atoms with van der Waals surface area (Å²) in [5.74, 6) is -8.49. The highest BCUT2D eigenvalue weighted by atomic mass is 16.7. The molecule has 14 atom stereocenters. The number of aromatic hydroxyl groups is 4. The lowest BCUT2D eigenvalue weighted by Gasteiger charge is -2.38. The number of phenols is 4. The molecule has 3 aromatic carbocycles. The van der Waals surface area contributed by atoms with E-state index >= 15 is 0 Å². The number of fused-ring (bicyclic) bond motifs is 14. The van der Waals surface area contributed by atoms with Gasteiger partial charge in [0, 0.05) is 87.3 Å². The van der Waals surface area contributed by atoms with Gasteiger partial charge in [-0.2, -0.15) is 10.4 Å². The number of Topliss-reactive ketones (excluding diaryl/α,β-unsaturated/α-hetero) is 1. The molecule has 8 rings (SSSR count). The van der Waals surface area contributed by atoms with Crippen molar-refractivity contribution in [1.29, 1.82) is 5.26 Å². The zero-order valence-electron chi connectivity index (χ0n) is 46.7. The maximum atomic E-state index is 14.4. The summed E-state index contributed by atoms with van der Waals surface area (Å²) in [5.41, 5.74) is 0.272. The van der Waals surface area contributed by atoms with E-state index in [1.54, 1.807) is 50.9 Å². The van der Waals surface area contributed by atoms with Crippen LogP contribution >= 0.6 is 0 Å². The van der Waals surface area contributed by atoms with Crippen molar-refractivity contribution < 1.29 is 88.8 Å². The number of piperazine rings is 1. The molecular weight excluding hydrogens is 1040 g/mol. The number of hydrogen-bond donors (Lipinski definition) is 10. The van der Waals surface area contributed by atoms with Crippen LogP contribution in [0.2, 0.25) is 0 Å². The minimum Gasteiger partial charge on any atom is -0.507 e. The third-order valence-electron chi connectivity index (χ3n) is 15.2. The lowest BCUT2D eigenvalue weighted by atomic mass is 9.78. The topological polar surface area (TPSA) is 343 Å². The Bertz CT molecular complexity index is 2930. The van der Waals surface area contributed by atoms with Crippen molar-refractivity contribution in [3.05, 3.63) is 76.6 Å². The second-order valence-corrected chi connectivity index (χ2v) is 21.1. The summed E-state index contributed by atoms with van der Waals surface area (Å²) in [6.45, 7) is 16.6. The van der Waals surface area contributed by atoms with Gasteiger partial charge >= 0.3 is 11.8 Å². The van der Waals surface area contributed by atoms with Gasteiger partial charge in [-0.3, -0.25) is 19.4 Å². The van der Waals surface area contributed by atoms with Gasteiger partial charge in [-0.15, -0.1) is 0 Å². The number of hydrogen-bond acceptors (Lipinski definition) is 22. The number of rotatable bonds is 7. The molecule has 0 spiro atoms. The fourth-order valence-electron chi connectivity index (χ4n) is 10.0. The number of esters is 1. The van der Waals surface area contributed by atoms with E-state index in [1.807, 2.05) is 13.1 Å². The molecule has 23 nitrogen and oxygen atoms in total. The maximum absolute atomic E-state index is 14.4. The second kappa shape index (κ2) is 26.1. The normalized spacial score (nSPS) is 32.2. The van der Waals surface area contributed by atoms with Crippen LogP contribution in [-0.2, 0) is 35.0 Å². The number of nitrogens with one attached hydrogen (secondary N) is 1. The van der Waals surface area contributed by atoms with Crippen LogP contribution in [0.25, 0.3) is 10.8 Å². The first-order valence-electron chi connectivity index (χ1n) is 26.3. The van der Waals surface area contributed by atoms with Gasteiger partial charge in [0.15, 0.2) is 17.2 Å². The number of hydrazone groups is 1. The van der Waals surface area contributed by atoms with Crippen LogP contribution < -0.4 is 14.8 Å². The molecule has 1 amide bonds. The summed E-state index contributed by atoms with van der Waals surface area (Å²) in [5, 5.41) is 114. The molecule has 5 heterocycles. The molecule has 0 radical (unpaired) electrons. The summed E-state index contributed by atoms with van der Waals surface area (Å²) in [6.07, 6.45) is -1.00. The SMILES string of the molecule is CO[C@H]1/C=C/O[C@@]2(C)Oc3c(C)c(O)c4c(O)c(c(/C=N\N5CCN(C)CC5)c(O)c4c3C2=O)NC(=O)/C(C)=C\C=C\[C@@H](C)[C@H](O)[C@@H](C)[C@H](O)[C@@H](C)[C@H](OC(C)=O)[C@@H]1C.C[C@H]1O[C@H](Oc2ccc(CC#N)cc2O)[C@H](O)[C@@H](O)[C@@H]1O. The fraction of sp³-hybridized carbons (Fsp3) is 0.526. The van der Waals surface area contributed by atoms with Gasteiger partial charge in [0.25, 0.3) is 11.7 Å². The van der Waals surface area contributed by atoms with E-state index in [2.05, 4.69) is 15.3 Å². The van der Waals surface area contributed by atoms with Crippen LogP contribution in [0, 0.1) is 41.9 Å². The van der Waals surface area contributed by atoms with E-state index in [4.69, 9.17) is 33.7 Å². The van der Waals surface area contributed by atoms with Crippen molar-refractivity contribution in [2.24, 2.45) is 28.8 Å². The molecule has 0 aliphatic carbocycles.